The average Bonchev–Trinajstić information content (AvgIpc) is 2.79. The van der Waals surface area contributed by atoms with Crippen LogP contribution in [0, 0.1) is 0 Å². The lowest BCUT2D eigenvalue weighted by Gasteiger charge is -2.21. The van der Waals surface area contributed by atoms with Crippen molar-refractivity contribution in [1.82, 2.24) is 0 Å². The molecule has 3 N–H and O–H groups in total. The van der Waals surface area contributed by atoms with E-state index in [0.29, 0.717) is 24.9 Å². The maximum atomic E-state index is 12.9. The van der Waals surface area contributed by atoms with Crippen molar-refractivity contribution in [2.24, 2.45) is 5.73 Å². The summed E-state index contributed by atoms with van der Waals surface area (Å²) >= 11 is 0. The van der Waals surface area contributed by atoms with Crippen molar-refractivity contribution in [3.8, 4) is 5.75 Å². The number of carbonyl (C=O) groups is 1. The molecule has 0 bridgehead atoms. The first kappa shape index (κ1) is 23.6. The molecule has 1 amide bonds. The summed E-state index contributed by atoms with van der Waals surface area (Å²) in [5.74, 6) is 1.25. The Morgan fingerprint density at radius 2 is 1.41 bits per heavy atom. The summed E-state index contributed by atoms with van der Waals surface area (Å²) in [5, 5.41) is 3.12. The fourth-order valence-corrected chi connectivity index (χ4v) is 3.72. The van der Waals surface area contributed by atoms with E-state index in [0.717, 1.165) is 33.7 Å². The monoisotopic (exact) mass is 430 g/mol. The molecule has 4 heteroatoms. The number of para-hydroxylation sites is 1. The Balaban J connectivity index is 1.62. The quantitative estimate of drug-likeness (QED) is 0.436. The van der Waals surface area contributed by atoms with Gasteiger partial charge in [-0.05, 0) is 52.6 Å². The lowest BCUT2D eigenvalue weighted by Crippen LogP contribution is -2.38. The maximum absolute atomic E-state index is 12.9. The minimum absolute atomic E-state index is 0.163. The van der Waals surface area contributed by atoms with Gasteiger partial charge in [-0.3, -0.25) is 4.79 Å². The SMILES string of the molecule is CC(C)c1cccc(C(C)C)c1NC(=O)[C@@H](N)Cc1ccc(OCc2ccccc2)cc1. The first-order chi connectivity index (χ1) is 15.3. The third-order valence-corrected chi connectivity index (χ3v) is 5.59. The molecule has 3 aromatic rings. The van der Waals surface area contributed by atoms with Crippen molar-refractivity contribution < 1.29 is 9.53 Å². The molecule has 0 aliphatic rings. The number of benzene rings is 3. The number of rotatable bonds is 9. The van der Waals surface area contributed by atoms with E-state index in [1.165, 1.54) is 0 Å². The van der Waals surface area contributed by atoms with Gasteiger partial charge >= 0.3 is 0 Å². The molecule has 0 fully saturated rings. The molecule has 0 radical (unpaired) electrons. The minimum atomic E-state index is -0.633. The predicted octanol–water partition coefficient (Wildman–Crippen LogP) is 6.02. The van der Waals surface area contributed by atoms with Crippen molar-refractivity contribution in [1.29, 1.82) is 0 Å². The largest absolute Gasteiger partial charge is 0.489 e. The molecular formula is C28H34N2O2. The van der Waals surface area contributed by atoms with E-state index >= 15 is 0 Å². The van der Waals surface area contributed by atoms with Crippen molar-refractivity contribution in [3.63, 3.8) is 0 Å². The Morgan fingerprint density at radius 1 is 0.812 bits per heavy atom. The molecule has 3 aromatic carbocycles. The second-order valence-electron chi connectivity index (χ2n) is 8.84. The van der Waals surface area contributed by atoms with Crippen LogP contribution in [0.15, 0.2) is 72.8 Å². The van der Waals surface area contributed by atoms with E-state index in [4.69, 9.17) is 10.5 Å². The molecule has 4 nitrogen and oxygen atoms in total. The smallest absolute Gasteiger partial charge is 0.241 e. The van der Waals surface area contributed by atoms with Crippen LogP contribution in [0.25, 0.3) is 0 Å². The van der Waals surface area contributed by atoms with Crippen LogP contribution in [0.5, 0.6) is 5.75 Å². The van der Waals surface area contributed by atoms with Gasteiger partial charge in [-0.1, -0.05) is 88.4 Å². The molecular weight excluding hydrogens is 396 g/mol. The van der Waals surface area contributed by atoms with Gasteiger partial charge in [0.15, 0.2) is 0 Å². The Morgan fingerprint density at radius 3 is 1.97 bits per heavy atom. The molecule has 0 saturated carbocycles. The number of nitrogens with two attached hydrogens (primary N) is 1. The van der Waals surface area contributed by atoms with Crippen LogP contribution < -0.4 is 15.8 Å². The number of amides is 1. The zero-order valence-electron chi connectivity index (χ0n) is 19.5. The van der Waals surface area contributed by atoms with Crippen LogP contribution in [0.2, 0.25) is 0 Å². The third-order valence-electron chi connectivity index (χ3n) is 5.59. The van der Waals surface area contributed by atoms with Gasteiger partial charge < -0.3 is 15.8 Å². The number of ether oxygens (including phenoxy) is 1. The van der Waals surface area contributed by atoms with Crippen LogP contribution >= 0.6 is 0 Å². The zero-order chi connectivity index (χ0) is 23.1. The second-order valence-corrected chi connectivity index (χ2v) is 8.84. The first-order valence-electron chi connectivity index (χ1n) is 11.3. The number of hydrogen-bond donors (Lipinski definition) is 2. The van der Waals surface area contributed by atoms with E-state index in [2.05, 4.69) is 51.2 Å². The summed E-state index contributed by atoms with van der Waals surface area (Å²) in [6, 6.07) is 23.4. The Hall–Kier alpha value is -3.11. The molecule has 0 saturated heterocycles. The van der Waals surface area contributed by atoms with Gasteiger partial charge in [0, 0.05) is 5.69 Å². The minimum Gasteiger partial charge on any atom is -0.489 e. The highest BCUT2D eigenvalue weighted by Crippen LogP contribution is 2.32. The van der Waals surface area contributed by atoms with Crippen LogP contribution in [0.4, 0.5) is 5.69 Å². The Bertz CT molecular complexity index is 985. The summed E-state index contributed by atoms with van der Waals surface area (Å²) < 4.78 is 5.84. The predicted molar refractivity (Wildman–Crippen MR) is 132 cm³/mol. The van der Waals surface area contributed by atoms with E-state index in [9.17, 15) is 4.79 Å². The van der Waals surface area contributed by atoms with Crippen LogP contribution in [-0.2, 0) is 17.8 Å². The van der Waals surface area contributed by atoms with Crippen molar-refractivity contribution in [2.75, 3.05) is 5.32 Å². The van der Waals surface area contributed by atoms with Gasteiger partial charge in [0.1, 0.15) is 12.4 Å². The standard InChI is InChI=1S/C28H34N2O2/c1-19(2)24-11-8-12-25(20(3)4)27(24)30-28(31)26(29)17-21-13-15-23(16-14-21)32-18-22-9-6-5-7-10-22/h5-16,19-20,26H,17-18,29H2,1-4H3,(H,30,31)/t26-/m0/s1. The number of carbonyl (C=O) groups excluding carboxylic acids is 1. The fraction of sp³-hybridized carbons (Fsp3) is 0.321. The average molecular weight is 431 g/mol. The van der Waals surface area contributed by atoms with E-state index < -0.39 is 6.04 Å². The summed E-state index contributed by atoms with van der Waals surface area (Å²) in [7, 11) is 0. The molecule has 1 atom stereocenters. The molecule has 0 spiro atoms. The van der Waals surface area contributed by atoms with Gasteiger partial charge in [-0.15, -0.1) is 0 Å². The second kappa shape index (κ2) is 11.0. The molecule has 3 rings (SSSR count). The Kier molecular flexibility index (Phi) is 8.07. The van der Waals surface area contributed by atoms with Crippen molar-refractivity contribution >= 4 is 11.6 Å². The highest BCUT2D eigenvalue weighted by atomic mass is 16.5. The molecule has 0 heterocycles. The maximum Gasteiger partial charge on any atom is 0.241 e. The zero-order valence-corrected chi connectivity index (χ0v) is 19.5. The number of nitrogens with one attached hydrogen (secondary N) is 1. The molecule has 32 heavy (non-hydrogen) atoms. The molecule has 0 aliphatic heterocycles. The lowest BCUT2D eigenvalue weighted by molar-refractivity contribution is -0.117. The number of anilines is 1. The molecule has 168 valence electrons. The summed E-state index contributed by atoms with van der Waals surface area (Å²) in [4.78, 5) is 12.9. The van der Waals surface area contributed by atoms with Crippen LogP contribution in [-0.4, -0.2) is 11.9 Å². The summed E-state index contributed by atoms with van der Waals surface area (Å²) in [6.07, 6.45) is 0.464. The lowest BCUT2D eigenvalue weighted by atomic mass is 9.92. The summed E-state index contributed by atoms with van der Waals surface area (Å²) in [6.45, 7) is 9.06. The van der Waals surface area contributed by atoms with Gasteiger partial charge in [0.2, 0.25) is 5.91 Å². The highest BCUT2D eigenvalue weighted by molar-refractivity contribution is 5.96. The van der Waals surface area contributed by atoms with Crippen molar-refractivity contribution in [2.45, 2.75) is 58.6 Å². The van der Waals surface area contributed by atoms with Crippen LogP contribution in [0.1, 0.15) is 61.8 Å². The molecule has 0 unspecified atom stereocenters. The van der Waals surface area contributed by atoms with Gasteiger partial charge in [0.05, 0.1) is 6.04 Å². The van der Waals surface area contributed by atoms with E-state index in [-0.39, 0.29) is 5.91 Å². The van der Waals surface area contributed by atoms with Gasteiger partial charge in [0.25, 0.3) is 0 Å². The van der Waals surface area contributed by atoms with E-state index in [1.807, 2.05) is 54.6 Å². The first-order valence-corrected chi connectivity index (χ1v) is 11.3. The van der Waals surface area contributed by atoms with Crippen LogP contribution in [0.3, 0.4) is 0 Å². The topological polar surface area (TPSA) is 64.4 Å². The number of hydrogen-bond acceptors (Lipinski definition) is 3. The summed E-state index contributed by atoms with van der Waals surface area (Å²) in [5.41, 5.74) is 11.6. The molecule has 0 aliphatic carbocycles. The fourth-order valence-electron chi connectivity index (χ4n) is 3.72. The third kappa shape index (κ3) is 6.21. The Labute approximate surface area is 191 Å². The highest BCUT2D eigenvalue weighted by Gasteiger charge is 2.20. The molecule has 0 aromatic heterocycles. The van der Waals surface area contributed by atoms with Crippen molar-refractivity contribution in [3.05, 3.63) is 95.1 Å². The van der Waals surface area contributed by atoms with Gasteiger partial charge in [-0.25, -0.2) is 0 Å². The normalized spacial score (nSPS) is 12.1. The van der Waals surface area contributed by atoms with Gasteiger partial charge in [-0.2, -0.15) is 0 Å². The van der Waals surface area contributed by atoms with E-state index in [1.54, 1.807) is 0 Å².